The van der Waals surface area contributed by atoms with Crippen LogP contribution in [0.5, 0.6) is 5.75 Å². The van der Waals surface area contributed by atoms with E-state index in [1.165, 1.54) is 0 Å². The first-order valence-corrected chi connectivity index (χ1v) is 4.94. The summed E-state index contributed by atoms with van der Waals surface area (Å²) in [5.74, 6) is 0.740. The highest BCUT2D eigenvalue weighted by molar-refractivity contribution is 5.83. The van der Waals surface area contributed by atoms with E-state index in [4.69, 9.17) is 4.74 Å². The first kappa shape index (κ1) is 10.1. The Hall–Kier alpha value is -1.48. The lowest BCUT2D eigenvalue weighted by atomic mass is 10.1. The fraction of sp³-hybridized carbons (Fsp3) is 0.333. The normalized spacial score (nSPS) is 13.1. The number of aryl methyl sites for hydroxylation is 1. The maximum atomic E-state index is 9.63. The van der Waals surface area contributed by atoms with Crippen LogP contribution in [-0.2, 0) is 7.05 Å². The lowest BCUT2D eigenvalue weighted by Crippen LogP contribution is -1.97. The molecule has 0 aliphatic rings. The van der Waals surface area contributed by atoms with Gasteiger partial charge in [-0.15, -0.1) is 0 Å². The van der Waals surface area contributed by atoms with Crippen molar-refractivity contribution >= 4 is 10.9 Å². The van der Waals surface area contributed by atoms with Crippen molar-refractivity contribution in [2.24, 2.45) is 7.05 Å². The first-order chi connectivity index (χ1) is 7.13. The number of hydrogen-bond acceptors (Lipinski definition) is 2. The second-order valence-corrected chi connectivity index (χ2v) is 3.76. The highest BCUT2D eigenvalue weighted by Crippen LogP contribution is 2.30. The van der Waals surface area contributed by atoms with Gasteiger partial charge in [0.25, 0.3) is 0 Å². The summed E-state index contributed by atoms with van der Waals surface area (Å²) in [4.78, 5) is 0. The molecule has 1 aromatic carbocycles. The second-order valence-electron chi connectivity index (χ2n) is 3.76. The van der Waals surface area contributed by atoms with Gasteiger partial charge in [-0.3, -0.25) is 0 Å². The monoisotopic (exact) mass is 205 g/mol. The van der Waals surface area contributed by atoms with Gasteiger partial charge in [-0.1, -0.05) is 0 Å². The Morgan fingerprint density at radius 2 is 2.13 bits per heavy atom. The Morgan fingerprint density at radius 3 is 2.73 bits per heavy atom. The Kier molecular flexibility index (Phi) is 2.40. The van der Waals surface area contributed by atoms with Crippen LogP contribution in [0, 0.1) is 0 Å². The minimum Gasteiger partial charge on any atom is -0.496 e. The average molecular weight is 205 g/mol. The zero-order chi connectivity index (χ0) is 11.0. The molecule has 0 fully saturated rings. The van der Waals surface area contributed by atoms with E-state index in [1.54, 1.807) is 14.0 Å². The van der Waals surface area contributed by atoms with Crippen molar-refractivity contribution in [1.29, 1.82) is 0 Å². The summed E-state index contributed by atoms with van der Waals surface area (Å²) in [5, 5.41) is 10.8. The summed E-state index contributed by atoms with van der Waals surface area (Å²) >= 11 is 0. The molecule has 0 saturated carbocycles. The van der Waals surface area contributed by atoms with Crippen molar-refractivity contribution in [3.8, 4) is 5.75 Å². The van der Waals surface area contributed by atoms with Crippen LogP contribution in [0.4, 0.5) is 0 Å². The molecule has 0 amide bonds. The third-order valence-corrected chi connectivity index (χ3v) is 2.69. The van der Waals surface area contributed by atoms with Crippen LogP contribution >= 0.6 is 0 Å². The van der Waals surface area contributed by atoms with E-state index in [1.807, 2.05) is 36.0 Å². The number of aromatic nitrogens is 1. The Bertz CT molecular complexity index is 486. The van der Waals surface area contributed by atoms with Gasteiger partial charge in [0.2, 0.25) is 0 Å². The molecule has 1 atom stereocenters. The second kappa shape index (κ2) is 3.59. The predicted octanol–water partition coefficient (Wildman–Crippen LogP) is 2.24. The molecule has 2 rings (SSSR count). The zero-order valence-electron chi connectivity index (χ0n) is 9.19. The third-order valence-electron chi connectivity index (χ3n) is 2.69. The van der Waals surface area contributed by atoms with Crippen LogP contribution in [0.2, 0.25) is 0 Å². The summed E-state index contributed by atoms with van der Waals surface area (Å²) < 4.78 is 7.28. The average Bonchev–Trinajstić information content (AvgIpc) is 2.58. The number of ether oxygens (including phenoxy) is 1. The standard InChI is InChI=1S/C12H15NO2/c1-8(14)10-7-11-9(4-5-13(11)2)6-12(10)15-3/h4-8,14H,1-3H3. The van der Waals surface area contributed by atoms with Gasteiger partial charge in [-0.05, 0) is 25.1 Å². The summed E-state index contributed by atoms with van der Waals surface area (Å²) in [6.45, 7) is 1.74. The van der Waals surface area contributed by atoms with Crippen molar-refractivity contribution in [3.05, 3.63) is 30.0 Å². The first-order valence-electron chi connectivity index (χ1n) is 4.94. The van der Waals surface area contributed by atoms with Gasteiger partial charge in [0.05, 0.1) is 13.2 Å². The molecule has 3 nitrogen and oxygen atoms in total. The lowest BCUT2D eigenvalue weighted by molar-refractivity contribution is 0.194. The van der Waals surface area contributed by atoms with Gasteiger partial charge in [-0.25, -0.2) is 0 Å². The van der Waals surface area contributed by atoms with E-state index < -0.39 is 6.10 Å². The molecule has 0 aliphatic heterocycles. The summed E-state index contributed by atoms with van der Waals surface area (Å²) in [6.07, 6.45) is 1.48. The lowest BCUT2D eigenvalue weighted by Gasteiger charge is -2.11. The minimum atomic E-state index is -0.515. The highest BCUT2D eigenvalue weighted by Gasteiger charge is 2.11. The Balaban J connectivity index is 2.71. The van der Waals surface area contributed by atoms with Gasteiger partial charge in [0.15, 0.2) is 0 Å². The van der Waals surface area contributed by atoms with Gasteiger partial charge in [0, 0.05) is 29.7 Å². The molecule has 0 radical (unpaired) electrons. The highest BCUT2D eigenvalue weighted by atomic mass is 16.5. The number of aliphatic hydroxyl groups excluding tert-OH is 1. The van der Waals surface area contributed by atoms with Gasteiger partial charge in [-0.2, -0.15) is 0 Å². The molecule has 3 heteroatoms. The summed E-state index contributed by atoms with van der Waals surface area (Å²) in [5.41, 5.74) is 1.93. The molecule has 1 N–H and O–H groups in total. The van der Waals surface area contributed by atoms with Crippen LogP contribution in [0.15, 0.2) is 24.4 Å². The molecular weight excluding hydrogens is 190 g/mol. The van der Waals surface area contributed by atoms with Crippen molar-refractivity contribution in [2.75, 3.05) is 7.11 Å². The van der Waals surface area contributed by atoms with Crippen LogP contribution in [-0.4, -0.2) is 16.8 Å². The summed E-state index contributed by atoms with van der Waals surface area (Å²) in [7, 11) is 3.61. The molecule has 0 bridgehead atoms. The molecule has 1 aromatic heterocycles. The van der Waals surface area contributed by atoms with Gasteiger partial charge >= 0.3 is 0 Å². The fourth-order valence-electron chi connectivity index (χ4n) is 1.81. The number of aliphatic hydroxyl groups is 1. The topological polar surface area (TPSA) is 34.4 Å². The summed E-state index contributed by atoms with van der Waals surface area (Å²) in [6, 6.07) is 5.96. The zero-order valence-corrected chi connectivity index (χ0v) is 9.19. The smallest absolute Gasteiger partial charge is 0.125 e. The minimum absolute atomic E-state index is 0.515. The fourth-order valence-corrected chi connectivity index (χ4v) is 1.81. The Morgan fingerprint density at radius 1 is 1.40 bits per heavy atom. The number of fused-ring (bicyclic) bond motifs is 1. The van der Waals surface area contributed by atoms with E-state index in [0.29, 0.717) is 0 Å². The SMILES string of the molecule is COc1cc2ccn(C)c2cc1C(C)O. The van der Waals surface area contributed by atoms with E-state index >= 15 is 0 Å². The molecule has 1 unspecified atom stereocenters. The van der Waals surface area contributed by atoms with Crippen molar-refractivity contribution < 1.29 is 9.84 Å². The van der Waals surface area contributed by atoms with Crippen LogP contribution in [0.25, 0.3) is 10.9 Å². The number of rotatable bonds is 2. The largest absolute Gasteiger partial charge is 0.496 e. The molecule has 1 heterocycles. The van der Waals surface area contributed by atoms with Crippen molar-refractivity contribution in [1.82, 2.24) is 4.57 Å². The van der Waals surface area contributed by atoms with E-state index in [9.17, 15) is 5.11 Å². The van der Waals surface area contributed by atoms with Crippen molar-refractivity contribution in [3.63, 3.8) is 0 Å². The number of benzene rings is 1. The number of nitrogens with zero attached hydrogens (tertiary/aromatic N) is 1. The number of hydrogen-bond donors (Lipinski definition) is 1. The van der Waals surface area contributed by atoms with Crippen molar-refractivity contribution in [2.45, 2.75) is 13.0 Å². The maximum Gasteiger partial charge on any atom is 0.125 e. The third kappa shape index (κ3) is 1.59. The molecule has 0 spiro atoms. The quantitative estimate of drug-likeness (QED) is 0.815. The molecule has 15 heavy (non-hydrogen) atoms. The molecule has 2 aromatic rings. The number of methoxy groups -OCH3 is 1. The maximum absolute atomic E-state index is 9.63. The molecule has 0 aliphatic carbocycles. The Labute approximate surface area is 88.9 Å². The van der Waals surface area contributed by atoms with Crippen LogP contribution in [0.1, 0.15) is 18.6 Å². The predicted molar refractivity (Wildman–Crippen MR) is 60.1 cm³/mol. The molecular formula is C12H15NO2. The molecule has 0 saturated heterocycles. The van der Waals surface area contributed by atoms with Gasteiger partial charge in [0.1, 0.15) is 5.75 Å². The van der Waals surface area contributed by atoms with E-state index in [0.717, 1.165) is 22.2 Å². The molecule has 80 valence electrons. The van der Waals surface area contributed by atoms with Gasteiger partial charge < -0.3 is 14.4 Å². The van der Waals surface area contributed by atoms with Crippen LogP contribution in [0.3, 0.4) is 0 Å². The van der Waals surface area contributed by atoms with Crippen LogP contribution < -0.4 is 4.74 Å². The van der Waals surface area contributed by atoms with E-state index in [2.05, 4.69) is 0 Å². The van der Waals surface area contributed by atoms with E-state index in [-0.39, 0.29) is 0 Å².